The summed E-state index contributed by atoms with van der Waals surface area (Å²) in [7, 11) is 0. The van der Waals surface area contributed by atoms with Crippen molar-refractivity contribution < 1.29 is 0 Å². The van der Waals surface area contributed by atoms with Gasteiger partial charge in [-0.25, -0.2) is 0 Å². The summed E-state index contributed by atoms with van der Waals surface area (Å²) in [5.74, 6) is 0.603. The van der Waals surface area contributed by atoms with Crippen LogP contribution in [-0.4, -0.2) is 0 Å². The summed E-state index contributed by atoms with van der Waals surface area (Å²) in [6, 6.07) is 8.57. The largest absolute Gasteiger partial charge is 0.326 e. The molecule has 1 rings (SSSR count). The molecular formula is C13H20N. The number of benzene rings is 1. The molecule has 0 aliphatic carbocycles. The lowest BCUT2D eigenvalue weighted by atomic mass is 9.91. The van der Waals surface area contributed by atoms with Gasteiger partial charge in [0.2, 0.25) is 0 Å². The fourth-order valence-corrected chi connectivity index (χ4v) is 1.80. The molecule has 0 saturated heterocycles. The van der Waals surface area contributed by atoms with Crippen LogP contribution in [0.4, 0.5) is 0 Å². The molecule has 0 fully saturated rings. The zero-order valence-corrected chi connectivity index (χ0v) is 9.00. The van der Waals surface area contributed by atoms with Crippen molar-refractivity contribution in [3.8, 4) is 0 Å². The highest BCUT2D eigenvalue weighted by Crippen LogP contribution is 2.24. The maximum atomic E-state index is 5.62. The van der Waals surface area contributed by atoms with Gasteiger partial charge in [-0.3, -0.25) is 0 Å². The van der Waals surface area contributed by atoms with Crippen molar-refractivity contribution in [2.75, 3.05) is 0 Å². The molecule has 0 aromatic heterocycles. The first-order chi connectivity index (χ1) is 6.81. The second-order valence-electron chi connectivity index (χ2n) is 3.72. The lowest BCUT2D eigenvalue weighted by Gasteiger charge is -2.14. The molecule has 0 amide bonds. The Hall–Kier alpha value is -0.820. The van der Waals surface area contributed by atoms with Gasteiger partial charge in [-0.2, -0.15) is 0 Å². The standard InChI is InChI=1S/C13H20N/c1-3-6-12(4-2)13-8-5-7-11(9-13)10-14/h5,7-9,12H,2-4,6,10,14H2,1H3. The molecule has 0 aliphatic heterocycles. The summed E-state index contributed by atoms with van der Waals surface area (Å²) < 4.78 is 0. The lowest BCUT2D eigenvalue weighted by Crippen LogP contribution is -2.01. The van der Waals surface area contributed by atoms with E-state index in [4.69, 9.17) is 5.73 Å². The predicted molar refractivity (Wildman–Crippen MR) is 62.0 cm³/mol. The van der Waals surface area contributed by atoms with Crippen LogP contribution in [0.2, 0.25) is 0 Å². The third kappa shape index (κ3) is 2.85. The molecule has 0 heterocycles. The smallest absolute Gasteiger partial charge is 0.0178 e. The molecule has 0 bridgehead atoms. The molecule has 1 heteroatoms. The van der Waals surface area contributed by atoms with E-state index in [9.17, 15) is 0 Å². The predicted octanol–water partition coefficient (Wildman–Crippen LogP) is 3.25. The molecule has 2 N–H and O–H groups in total. The minimum absolute atomic E-state index is 0.603. The average Bonchev–Trinajstić information content (AvgIpc) is 2.26. The van der Waals surface area contributed by atoms with Crippen LogP contribution in [0.15, 0.2) is 24.3 Å². The van der Waals surface area contributed by atoms with Crippen LogP contribution in [0.25, 0.3) is 0 Å². The van der Waals surface area contributed by atoms with Crippen LogP contribution in [-0.2, 0) is 6.54 Å². The first kappa shape index (κ1) is 11.3. The minimum Gasteiger partial charge on any atom is -0.326 e. The average molecular weight is 190 g/mol. The third-order valence-corrected chi connectivity index (χ3v) is 2.64. The molecule has 1 radical (unpaired) electrons. The van der Waals surface area contributed by atoms with E-state index < -0.39 is 0 Å². The zero-order chi connectivity index (χ0) is 10.4. The fraction of sp³-hybridized carbons (Fsp3) is 0.462. The van der Waals surface area contributed by atoms with Gasteiger partial charge in [-0.05, 0) is 29.9 Å². The Morgan fingerprint density at radius 3 is 2.79 bits per heavy atom. The summed E-state index contributed by atoms with van der Waals surface area (Å²) in [6.45, 7) is 6.85. The summed E-state index contributed by atoms with van der Waals surface area (Å²) in [6.07, 6.45) is 3.41. The summed E-state index contributed by atoms with van der Waals surface area (Å²) in [5.41, 5.74) is 8.23. The van der Waals surface area contributed by atoms with Crippen molar-refractivity contribution in [3.05, 3.63) is 42.3 Å². The van der Waals surface area contributed by atoms with E-state index in [-0.39, 0.29) is 0 Å². The van der Waals surface area contributed by atoms with Crippen LogP contribution in [0.1, 0.15) is 43.2 Å². The topological polar surface area (TPSA) is 26.0 Å². The van der Waals surface area contributed by atoms with Gasteiger partial charge in [0, 0.05) is 6.54 Å². The highest BCUT2D eigenvalue weighted by molar-refractivity contribution is 5.26. The van der Waals surface area contributed by atoms with Crippen LogP contribution in [0.3, 0.4) is 0 Å². The van der Waals surface area contributed by atoms with Gasteiger partial charge < -0.3 is 5.73 Å². The van der Waals surface area contributed by atoms with Gasteiger partial charge in [-0.1, -0.05) is 44.5 Å². The van der Waals surface area contributed by atoms with Crippen LogP contribution in [0, 0.1) is 6.92 Å². The zero-order valence-electron chi connectivity index (χ0n) is 9.00. The quantitative estimate of drug-likeness (QED) is 0.757. The van der Waals surface area contributed by atoms with Crippen molar-refractivity contribution in [2.45, 2.75) is 38.6 Å². The van der Waals surface area contributed by atoms with Crippen LogP contribution in [0.5, 0.6) is 0 Å². The molecule has 1 aromatic rings. The Balaban J connectivity index is 2.80. The summed E-state index contributed by atoms with van der Waals surface area (Å²) in [5, 5.41) is 0. The first-order valence-electron chi connectivity index (χ1n) is 5.40. The van der Waals surface area contributed by atoms with Crippen LogP contribution >= 0.6 is 0 Å². The highest BCUT2D eigenvalue weighted by atomic mass is 14.5. The van der Waals surface area contributed by atoms with Gasteiger partial charge in [0.15, 0.2) is 0 Å². The van der Waals surface area contributed by atoms with E-state index in [1.54, 1.807) is 0 Å². The maximum Gasteiger partial charge on any atom is 0.0178 e. The van der Waals surface area contributed by atoms with Crippen LogP contribution < -0.4 is 5.73 Å². The minimum atomic E-state index is 0.603. The molecule has 77 valence electrons. The normalized spacial score (nSPS) is 12.8. The monoisotopic (exact) mass is 190 g/mol. The van der Waals surface area contributed by atoms with E-state index in [0.717, 1.165) is 6.42 Å². The first-order valence-corrected chi connectivity index (χ1v) is 5.40. The third-order valence-electron chi connectivity index (χ3n) is 2.64. The molecule has 1 unspecified atom stereocenters. The van der Waals surface area contributed by atoms with Gasteiger partial charge >= 0.3 is 0 Å². The Bertz CT molecular complexity index is 268. The van der Waals surface area contributed by atoms with E-state index in [1.165, 1.54) is 24.0 Å². The Labute approximate surface area is 87.3 Å². The Morgan fingerprint density at radius 2 is 2.21 bits per heavy atom. The van der Waals surface area contributed by atoms with Crippen molar-refractivity contribution in [2.24, 2.45) is 5.73 Å². The van der Waals surface area contributed by atoms with Gasteiger partial charge in [0.1, 0.15) is 0 Å². The lowest BCUT2D eigenvalue weighted by molar-refractivity contribution is 0.618. The van der Waals surface area contributed by atoms with E-state index in [1.807, 2.05) is 0 Å². The van der Waals surface area contributed by atoms with Crippen molar-refractivity contribution in [3.63, 3.8) is 0 Å². The summed E-state index contributed by atoms with van der Waals surface area (Å²) in [4.78, 5) is 0. The molecule has 1 atom stereocenters. The molecule has 1 nitrogen and oxygen atoms in total. The Kier molecular flexibility index (Phi) is 4.68. The highest BCUT2D eigenvalue weighted by Gasteiger charge is 2.07. The Morgan fingerprint density at radius 1 is 1.43 bits per heavy atom. The summed E-state index contributed by atoms with van der Waals surface area (Å²) >= 11 is 0. The molecular weight excluding hydrogens is 170 g/mol. The maximum absolute atomic E-state index is 5.62. The number of nitrogens with two attached hydrogens (primary N) is 1. The fourth-order valence-electron chi connectivity index (χ4n) is 1.80. The van der Waals surface area contributed by atoms with Crippen molar-refractivity contribution in [1.29, 1.82) is 0 Å². The molecule has 1 aromatic carbocycles. The van der Waals surface area contributed by atoms with E-state index >= 15 is 0 Å². The second-order valence-corrected chi connectivity index (χ2v) is 3.72. The SMILES string of the molecule is [CH2]CC(CCC)c1cccc(CN)c1. The molecule has 0 aliphatic rings. The van der Waals surface area contributed by atoms with Gasteiger partial charge in [0.25, 0.3) is 0 Å². The molecule has 0 spiro atoms. The van der Waals surface area contributed by atoms with E-state index in [2.05, 4.69) is 38.1 Å². The molecule has 14 heavy (non-hydrogen) atoms. The van der Waals surface area contributed by atoms with Gasteiger partial charge in [-0.15, -0.1) is 0 Å². The van der Waals surface area contributed by atoms with E-state index in [0.29, 0.717) is 12.5 Å². The number of hydrogen-bond donors (Lipinski definition) is 1. The molecule has 0 saturated carbocycles. The second kappa shape index (κ2) is 5.82. The number of rotatable bonds is 5. The number of hydrogen-bond acceptors (Lipinski definition) is 1. The van der Waals surface area contributed by atoms with Crippen molar-refractivity contribution >= 4 is 0 Å². The van der Waals surface area contributed by atoms with Crippen molar-refractivity contribution in [1.82, 2.24) is 0 Å². The van der Waals surface area contributed by atoms with Gasteiger partial charge in [0.05, 0.1) is 0 Å².